The topological polar surface area (TPSA) is 26.3 Å². The van der Waals surface area contributed by atoms with Gasteiger partial charge in [-0.3, -0.25) is 4.79 Å². The average Bonchev–Trinajstić information content (AvgIpc) is 2.44. The third kappa shape index (κ3) is 3.95. The Balaban J connectivity index is 3.26. The van der Waals surface area contributed by atoms with Crippen LogP contribution in [0.5, 0.6) is 5.75 Å². The van der Waals surface area contributed by atoms with Gasteiger partial charge >= 0.3 is 0 Å². The number of ether oxygens (including phenoxy) is 1. The summed E-state index contributed by atoms with van der Waals surface area (Å²) in [6, 6.07) is 4.10. The van der Waals surface area contributed by atoms with E-state index in [-0.39, 0.29) is 0 Å². The molecule has 0 aliphatic rings. The van der Waals surface area contributed by atoms with Crippen LogP contribution < -0.4 is 4.74 Å². The Hall–Kier alpha value is -1.57. The molecule has 0 aromatic heterocycles. The van der Waals surface area contributed by atoms with Crippen LogP contribution in [0.2, 0.25) is 0 Å². The van der Waals surface area contributed by atoms with Gasteiger partial charge in [-0.2, -0.15) is 0 Å². The number of hydrogen-bond donors (Lipinski definition) is 0. The molecule has 0 bridgehead atoms. The zero-order valence-corrected chi connectivity index (χ0v) is 12.2. The summed E-state index contributed by atoms with van der Waals surface area (Å²) >= 11 is 0. The number of carbonyl (C=O) groups is 1. The number of benzene rings is 1. The molecular formula is C17H24O2. The van der Waals surface area contributed by atoms with Gasteiger partial charge in [-0.05, 0) is 42.4 Å². The lowest BCUT2D eigenvalue weighted by atomic mass is 9.93. The summed E-state index contributed by atoms with van der Waals surface area (Å²) < 4.78 is 5.75. The van der Waals surface area contributed by atoms with E-state index in [2.05, 4.69) is 33.4 Å². The molecule has 0 fully saturated rings. The van der Waals surface area contributed by atoms with E-state index in [1.165, 1.54) is 5.56 Å². The minimum absolute atomic E-state index is 0.447. The van der Waals surface area contributed by atoms with Gasteiger partial charge in [-0.15, -0.1) is 6.58 Å². The minimum atomic E-state index is 0.447. The standard InChI is InChI=1S/C17H24O2/c1-5-8-14-10-15(13(4)7-3)11-16(12-18)17(14)19-9-6-2/h5,10-13H,1,6-9H2,2-4H3. The molecule has 0 aliphatic carbocycles. The number of allylic oxidation sites excluding steroid dienone is 1. The van der Waals surface area contributed by atoms with Crippen LogP contribution in [0.4, 0.5) is 0 Å². The Bertz CT molecular complexity index is 435. The van der Waals surface area contributed by atoms with Crippen LogP contribution in [0, 0.1) is 0 Å². The molecule has 0 saturated heterocycles. The molecule has 0 spiro atoms. The van der Waals surface area contributed by atoms with E-state index in [1.54, 1.807) is 0 Å². The molecule has 1 aromatic carbocycles. The summed E-state index contributed by atoms with van der Waals surface area (Å²) in [6.07, 6.45) is 5.46. The average molecular weight is 260 g/mol. The molecule has 0 amide bonds. The third-order valence-electron chi connectivity index (χ3n) is 3.34. The second-order valence-electron chi connectivity index (χ2n) is 4.87. The Labute approximate surface area is 116 Å². The molecular weight excluding hydrogens is 236 g/mol. The Morgan fingerprint density at radius 3 is 2.63 bits per heavy atom. The lowest BCUT2D eigenvalue weighted by molar-refractivity contribution is 0.111. The van der Waals surface area contributed by atoms with Crippen LogP contribution in [0.3, 0.4) is 0 Å². The minimum Gasteiger partial charge on any atom is -0.493 e. The Morgan fingerprint density at radius 2 is 2.11 bits per heavy atom. The van der Waals surface area contributed by atoms with Crippen LogP contribution in [0.1, 0.15) is 61.0 Å². The van der Waals surface area contributed by atoms with Gasteiger partial charge in [-0.25, -0.2) is 0 Å². The van der Waals surface area contributed by atoms with E-state index in [0.29, 0.717) is 18.1 Å². The maximum Gasteiger partial charge on any atom is 0.153 e. The highest BCUT2D eigenvalue weighted by molar-refractivity contribution is 5.81. The lowest BCUT2D eigenvalue weighted by Crippen LogP contribution is -2.05. The van der Waals surface area contributed by atoms with Crippen molar-refractivity contribution in [3.8, 4) is 5.75 Å². The van der Waals surface area contributed by atoms with Gasteiger partial charge in [0.2, 0.25) is 0 Å². The highest BCUT2D eigenvalue weighted by Gasteiger charge is 2.13. The van der Waals surface area contributed by atoms with Gasteiger partial charge in [0.1, 0.15) is 5.75 Å². The molecule has 1 aromatic rings. The molecule has 1 rings (SSSR count). The van der Waals surface area contributed by atoms with E-state index in [9.17, 15) is 4.79 Å². The fraction of sp³-hybridized carbons (Fsp3) is 0.471. The van der Waals surface area contributed by atoms with Crippen LogP contribution in [0.25, 0.3) is 0 Å². The highest BCUT2D eigenvalue weighted by Crippen LogP contribution is 2.30. The number of aldehydes is 1. The van der Waals surface area contributed by atoms with Crippen molar-refractivity contribution in [3.63, 3.8) is 0 Å². The molecule has 0 radical (unpaired) electrons. The molecule has 104 valence electrons. The van der Waals surface area contributed by atoms with Gasteiger partial charge in [-0.1, -0.05) is 32.9 Å². The Kier molecular flexibility index (Phi) is 6.34. The van der Waals surface area contributed by atoms with Gasteiger partial charge in [0, 0.05) is 0 Å². The van der Waals surface area contributed by atoms with E-state index in [0.717, 1.165) is 36.9 Å². The van der Waals surface area contributed by atoms with E-state index in [4.69, 9.17) is 4.74 Å². The smallest absolute Gasteiger partial charge is 0.153 e. The highest BCUT2D eigenvalue weighted by atomic mass is 16.5. The zero-order valence-electron chi connectivity index (χ0n) is 12.2. The Morgan fingerprint density at radius 1 is 1.37 bits per heavy atom. The summed E-state index contributed by atoms with van der Waals surface area (Å²) in [7, 11) is 0. The summed E-state index contributed by atoms with van der Waals surface area (Å²) in [5, 5.41) is 0. The molecule has 0 N–H and O–H groups in total. The van der Waals surface area contributed by atoms with Crippen LogP contribution in [0.15, 0.2) is 24.8 Å². The molecule has 0 heterocycles. The second-order valence-corrected chi connectivity index (χ2v) is 4.87. The normalized spacial score (nSPS) is 11.9. The first kappa shape index (κ1) is 15.5. The van der Waals surface area contributed by atoms with Crippen molar-refractivity contribution in [3.05, 3.63) is 41.5 Å². The molecule has 0 aliphatic heterocycles. The number of hydrogen-bond acceptors (Lipinski definition) is 2. The van der Waals surface area contributed by atoms with Gasteiger partial charge in [0.05, 0.1) is 12.2 Å². The molecule has 1 atom stereocenters. The molecule has 2 nitrogen and oxygen atoms in total. The van der Waals surface area contributed by atoms with Crippen LogP contribution in [-0.4, -0.2) is 12.9 Å². The van der Waals surface area contributed by atoms with E-state index < -0.39 is 0 Å². The number of rotatable bonds is 8. The quantitative estimate of drug-likeness (QED) is 0.507. The van der Waals surface area contributed by atoms with Crippen molar-refractivity contribution in [1.29, 1.82) is 0 Å². The largest absolute Gasteiger partial charge is 0.493 e. The summed E-state index contributed by atoms with van der Waals surface area (Å²) in [6.45, 7) is 10.8. The predicted octanol–water partition coefficient (Wildman–Crippen LogP) is 4.53. The first-order valence-corrected chi connectivity index (χ1v) is 7.03. The van der Waals surface area contributed by atoms with Gasteiger partial charge in [0.25, 0.3) is 0 Å². The van der Waals surface area contributed by atoms with Crippen molar-refractivity contribution in [1.82, 2.24) is 0 Å². The first-order chi connectivity index (χ1) is 9.17. The maximum absolute atomic E-state index is 11.3. The maximum atomic E-state index is 11.3. The zero-order chi connectivity index (χ0) is 14.3. The van der Waals surface area contributed by atoms with Crippen molar-refractivity contribution in [2.75, 3.05) is 6.61 Å². The van der Waals surface area contributed by atoms with Crippen molar-refractivity contribution in [2.24, 2.45) is 0 Å². The van der Waals surface area contributed by atoms with Gasteiger partial charge in [0.15, 0.2) is 6.29 Å². The van der Waals surface area contributed by atoms with E-state index in [1.807, 2.05) is 12.1 Å². The fourth-order valence-corrected chi connectivity index (χ4v) is 2.03. The van der Waals surface area contributed by atoms with Crippen LogP contribution in [-0.2, 0) is 6.42 Å². The van der Waals surface area contributed by atoms with Crippen molar-refractivity contribution >= 4 is 6.29 Å². The molecule has 19 heavy (non-hydrogen) atoms. The molecule has 2 heteroatoms. The molecule has 1 unspecified atom stereocenters. The number of carbonyl (C=O) groups excluding carboxylic acids is 1. The monoisotopic (exact) mass is 260 g/mol. The first-order valence-electron chi connectivity index (χ1n) is 7.03. The fourth-order valence-electron chi connectivity index (χ4n) is 2.03. The SMILES string of the molecule is C=CCc1cc(C(C)CC)cc(C=O)c1OCCC. The van der Waals surface area contributed by atoms with Crippen molar-refractivity contribution < 1.29 is 9.53 Å². The van der Waals surface area contributed by atoms with Gasteiger partial charge < -0.3 is 4.74 Å². The summed E-state index contributed by atoms with van der Waals surface area (Å²) in [5.41, 5.74) is 2.91. The lowest BCUT2D eigenvalue weighted by Gasteiger charge is -2.17. The van der Waals surface area contributed by atoms with E-state index >= 15 is 0 Å². The van der Waals surface area contributed by atoms with Crippen LogP contribution >= 0.6 is 0 Å². The molecule has 0 saturated carbocycles. The summed E-state index contributed by atoms with van der Waals surface area (Å²) in [4.78, 5) is 11.3. The summed E-state index contributed by atoms with van der Waals surface area (Å²) in [5.74, 6) is 1.17. The second kappa shape index (κ2) is 7.78. The van der Waals surface area contributed by atoms with Crippen molar-refractivity contribution in [2.45, 2.75) is 46.0 Å². The predicted molar refractivity (Wildman–Crippen MR) is 80.2 cm³/mol. The third-order valence-corrected chi connectivity index (χ3v) is 3.34.